The zero-order valence-electron chi connectivity index (χ0n) is 11.0. The fourth-order valence-corrected chi connectivity index (χ4v) is 2.72. The number of nitrogens with zero attached hydrogens (tertiary/aromatic N) is 1. The highest BCUT2D eigenvalue weighted by Gasteiger charge is 2.24. The second kappa shape index (κ2) is 5.22. The van der Waals surface area contributed by atoms with E-state index in [-0.39, 0.29) is 0 Å². The number of hydrogen-bond donors (Lipinski definition) is 1. The minimum atomic E-state index is 0.773. The maximum absolute atomic E-state index is 3.61. The van der Waals surface area contributed by atoms with Gasteiger partial charge >= 0.3 is 0 Å². The van der Waals surface area contributed by atoms with Crippen LogP contribution in [-0.4, -0.2) is 19.6 Å². The van der Waals surface area contributed by atoms with Crippen LogP contribution in [0.4, 0.5) is 5.69 Å². The largest absolute Gasteiger partial charge is 0.374 e. The van der Waals surface area contributed by atoms with Crippen molar-refractivity contribution in [1.82, 2.24) is 5.32 Å². The predicted molar refractivity (Wildman–Crippen MR) is 80.0 cm³/mol. The Balaban J connectivity index is 1.72. The van der Waals surface area contributed by atoms with Crippen molar-refractivity contribution >= 4 is 21.6 Å². The van der Waals surface area contributed by atoms with Gasteiger partial charge in [-0.2, -0.15) is 0 Å². The van der Waals surface area contributed by atoms with Gasteiger partial charge in [0.2, 0.25) is 0 Å². The Kier molecular flexibility index (Phi) is 3.62. The minimum absolute atomic E-state index is 0.773. The number of anilines is 1. The third kappa shape index (κ3) is 3.27. The Morgan fingerprint density at radius 1 is 1.28 bits per heavy atom. The molecule has 2 fully saturated rings. The van der Waals surface area contributed by atoms with Crippen LogP contribution in [0.3, 0.4) is 0 Å². The molecule has 2 aliphatic rings. The molecule has 0 heterocycles. The first-order chi connectivity index (χ1) is 8.72. The van der Waals surface area contributed by atoms with Crippen molar-refractivity contribution in [3.05, 3.63) is 28.2 Å². The molecule has 0 spiro atoms. The first-order valence-corrected chi connectivity index (χ1v) is 7.74. The Morgan fingerprint density at radius 3 is 2.72 bits per heavy atom. The summed E-state index contributed by atoms with van der Waals surface area (Å²) < 4.78 is 1.18. The van der Waals surface area contributed by atoms with Crippen LogP contribution in [0, 0.1) is 5.92 Å². The molecule has 0 unspecified atom stereocenters. The fraction of sp³-hybridized carbons (Fsp3) is 0.600. The average Bonchev–Trinajstić information content (AvgIpc) is 3.22. The molecular formula is C15H21BrN2. The van der Waals surface area contributed by atoms with Gasteiger partial charge in [-0.1, -0.05) is 22.0 Å². The predicted octanol–water partition coefficient (Wildman–Crippen LogP) is 3.55. The summed E-state index contributed by atoms with van der Waals surface area (Å²) in [7, 11) is 2.22. The van der Waals surface area contributed by atoms with Crippen LogP contribution in [0.25, 0.3) is 0 Å². The van der Waals surface area contributed by atoms with Gasteiger partial charge in [0.15, 0.2) is 0 Å². The highest BCUT2D eigenvalue weighted by molar-refractivity contribution is 9.10. The molecule has 0 atom stereocenters. The molecule has 0 bridgehead atoms. The molecule has 1 aromatic rings. The van der Waals surface area contributed by atoms with E-state index in [1.54, 1.807) is 0 Å². The maximum atomic E-state index is 3.61. The molecule has 3 heteroatoms. The lowest BCUT2D eigenvalue weighted by atomic mass is 10.1. The van der Waals surface area contributed by atoms with Gasteiger partial charge in [-0.25, -0.2) is 0 Å². The minimum Gasteiger partial charge on any atom is -0.374 e. The number of rotatable bonds is 6. The van der Waals surface area contributed by atoms with Crippen molar-refractivity contribution in [2.45, 2.75) is 38.3 Å². The number of nitrogens with one attached hydrogen (secondary N) is 1. The molecule has 0 aliphatic heterocycles. The molecule has 2 saturated carbocycles. The lowest BCUT2D eigenvalue weighted by Crippen LogP contribution is -2.23. The van der Waals surface area contributed by atoms with Gasteiger partial charge in [0.1, 0.15) is 0 Å². The van der Waals surface area contributed by atoms with Crippen molar-refractivity contribution in [2.24, 2.45) is 5.92 Å². The summed E-state index contributed by atoms with van der Waals surface area (Å²) in [5, 5.41) is 3.61. The van der Waals surface area contributed by atoms with E-state index in [9.17, 15) is 0 Å². The van der Waals surface area contributed by atoms with E-state index < -0.39 is 0 Å². The smallest absolute Gasteiger partial charge is 0.0420 e. The Bertz CT molecular complexity index is 425. The van der Waals surface area contributed by atoms with Crippen molar-refractivity contribution in [3.63, 3.8) is 0 Å². The molecule has 0 radical (unpaired) electrons. The summed E-state index contributed by atoms with van der Waals surface area (Å²) >= 11 is 3.59. The molecule has 18 heavy (non-hydrogen) atoms. The molecule has 1 aromatic carbocycles. The van der Waals surface area contributed by atoms with Gasteiger partial charge in [-0.05, 0) is 49.3 Å². The third-order valence-corrected chi connectivity index (χ3v) is 4.34. The highest BCUT2D eigenvalue weighted by atomic mass is 79.9. The quantitative estimate of drug-likeness (QED) is 0.864. The van der Waals surface area contributed by atoms with E-state index in [2.05, 4.69) is 51.4 Å². The maximum Gasteiger partial charge on any atom is 0.0420 e. The number of halogens is 1. The van der Waals surface area contributed by atoms with Crippen molar-refractivity contribution in [3.8, 4) is 0 Å². The van der Waals surface area contributed by atoms with Gasteiger partial charge in [-0.3, -0.25) is 0 Å². The van der Waals surface area contributed by atoms with Crippen LogP contribution in [0.1, 0.15) is 31.2 Å². The molecule has 0 aromatic heterocycles. The van der Waals surface area contributed by atoms with E-state index >= 15 is 0 Å². The van der Waals surface area contributed by atoms with Crippen LogP contribution in [0.5, 0.6) is 0 Å². The standard InChI is InChI=1S/C15H21BrN2/c1-18(10-11-2-3-11)15-8-13(16)5-4-12(15)9-17-14-6-7-14/h4-5,8,11,14,17H,2-3,6-7,9-10H2,1H3. The fourth-order valence-electron chi connectivity index (χ4n) is 2.37. The lowest BCUT2D eigenvalue weighted by molar-refractivity contribution is 0.683. The van der Waals surface area contributed by atoms with Gasteiger partial charge < -0.3 is 10.2 Å². The Morgan fingerprint density at radius 2 is 2.06 bits per heavy atom. The summed E-state index contributed by atoms with van der Waals surface area (Å²) in [5.41, 5.74) is 2.80. The molecule has 1 N–H and O–H groups in total. The Hall–Kier alpha value is -0.540. The number of benzene rings is 1. The summed E-state index contributed by atoms with van der Waals surface area (Å²) in [6.07, 6.45) is 5.52. The zero-order valence-corrected chi connectivity index (χ0v) is 12.5. The molecule has 2 aliphatic carbocycles. The van der Waals surface area contributed by atoms with E-state index in [1.165, 1.54) is 48.0 Å². The molecule has 0 amide bonds. The second-order valence-corrected chi connectivity index (χ2v) is 6.67. The summed E-state index contributed by atoms with van der Waals surface area (Å²) in [6, 6.07) is 7.43. The summed E-state index contributed by atoms with van der Waals surface area (Å²) in [6.45, 7) is 2.20. The average molecular weight is 309 g/mol. The molecule has 98 valence electrons. The van der Waals surface area contributed by atoms with Crippen molar-refractivity contribution < 1.29 is 0 Å². The normalized spacial score (nSPS) is 19.0. The second-order valence-electron chi connectivity index (χ2n) is 5.75. The zero-order chi connectivity index (χ0) is 12.5. The Labute approximate surface area is 118 Å². The lowest BCUT2D eigenvalue weighted by Gasteiger charge is -2.23. The molecule has 3 rings (SSSR count). The molecule has 2 nitrogen and oxygen atoms in total. The van der Waals surface area contributed by atoms with Crippen LogP contribution < -0.4 is 10.2 Å². The first kappa shape index (κ1) is 12.5. The summed E-state index contributed by atoms with van der Waals surface area (Å²) in [5.74, 6) is 0.929. The molecular weight excluding hydrogens is 288 g/mol. The van der Waals surface area contributed by atoms with Crippen LogP contribution in [-0.2, 0) is 6.54 Å². The SMILES string of the molecule is CN(CC1CC1)c1cc(Br)ccc1CNC1CC1. The van der Waals surface area contributed by atoms with Crippen LogP contribution >= 0.6 is 15.9 Å². The van der Waals surface area contributed by atoms with E-state index in [4.69, 9.17) is 0 Å². The van der Waals surface area contributed by atoms with Gasteiger partial charge in [0.25, 0.3) is 0 Å². The van der Waals surface area contributed by atoms with Crippen LogP contribution in [0.2, 0.25) is 0 Å². The highest BCUT2D eigenvalue weighted by Crippen LogP contribution is 2.33. The van der Waals surface area contributed by atoms with E-state index in [0.29, 0.717) is 0 Å². The van der Waals surface area contributed by atoms with Crippen LogP contribution in [0.15, 0.2) is 22.7 Å². The van der Waals surface area contributed by atoms with Gasteiger partial charge in [0, 0.05) is 36.3 Å². The monoisotopic (exact) mass is 308 g/mol. The first-order valence-electron chi connectivity index (χ1n) is 6.95. The third-order valence-electron chi connectivity index (χ3n) is 3.85. The molecule has 0 saturated heterocycles. The van der Waals surface area contributed by atoms with E-state index in [0.717, 1.165) is 18.5 Å². The topological polar surface area (TPSA) is 15.3 Å². The number of hydrogen-bond acceptors (Lipinski definition) is 2. The van der Waals surface area contributed by atoms with Gasteiger partial charge in [0.05, 0.1) is 0 Å². The van der Waals surface area contributed by atoms with Crippen molar-refractivity contribution in [1.29, 1.82) is 0 Å². The summed E-state index contributed by atoms with van der Waals surface area (Å²) in [4.78, 5) is 2.42. The van der Waals surface area contributed by atoms with E-state index in [1.807, 2.05) is 0 Å². The van der Waals surface area contributed by atoms with Gasteiger partial charge in [-0.15, -0.1) is 0 Å². The van der Waals surface area contributed by atoms with Crippen molar-refractivity contribution in [2.75, 3.05) is 18.5 Å².